The summed E-state index contributed by atoms with van der Waals surface area (Å²) in [7, 11) is 0. The van der Waals surface area contributed by atoms with Gasteiger partial charge in [0.15, 0.2) is 0 Å². The van der Waals surface area contributed by atoms with Crippen LogP contribution in [0, 0.1) is 5.92 Å². The fourth-order valence-corrected chi connectivity index (χ4v) is 1.54. The van der Waals surface area contributed by atoms with Crippen LogP contribution in [0.1, 0.15) is 24.2 Å². The number of pyridine rings is 1. The van der Waals surface area contributed by atoms with Gasteiger partial charge >= 0.3 is 0 Å². The van der Waals surface area contributed by atoms with Crippen molar-refractivity contribution in [2.75, 3.05) is 19.6 Å². The van der Waals surface area contributed by atoms with Crippen LogP contribution in [-0.4, -0.2) is 40.5 Å². The van der Waals surface area contributed by atoms with Crippen molar-refractivity contribution in [3.63, 3.8) is 0 Å². The van der Waals surface area contributed by atoms with Crippen molar-refractivity contribution in [2.24, 2.45) is 11.7 Å². The molecule has 1 heterocycles. The van der Waals surface area contributed by atoms with Crippen molar-refractivity contribution < 1.29 is 9.90 Å². The van der Waals surface area contributed by atoms with E-state index in [1.165, 1.54) is 18.5 Å². The zero-order chi connectivity index (χ0) is 12.8. The summed E-state index contributed by atoms with van der Waals surface area (Å²) in [5.41, 5.74) is 5.83. The lowest BCUT2D eigenvalue weighted by molar-refractivity contribution is 0.0740. The number of hydrogen-bond donors (Lipinski definition) is 2. The molecule has 0 aliphatic carbocycles. The maximum absolute atomic E-state index is 12.1. The second-order valence-corrected chi connectivity index (χ2v) is 4.08. The van der Waals surface area contributed by atoms with Gasteiger partial charge in [0.05, 0.1) is 11.8 Å². The molecule has 0 spiro atoms. The Bertz CT molecular complexity index is 382. The van der Waals surface area contributed by atoms with E-state index < -0.39 is 0 Å². The van der Waals surface area contributed by atoms with Crippen LogP contribution in [0.25, 0.3) is 0 Å². The molecule has 1 amide bonds. The molecule has 0 aliphatic heterocycles. The topological polar surface area (TPSA) is 79.5 Å². The van der Waals surface area contributed by atoms with Crippen LogP contribution in [0.5, 0.6) is 5.75 Å². The average Bonchev–Trinajstić information content (AvgIpc) is 2.35. The molecule has 1 aromatic rings. The van der Waals surface area contributed by atoms with Gasteiger partial charge in [0, 0.05) is 19.3 Å². The summed E-state index contributed by atoms with van der Waals surface area (Å²) in [5.74, 6) is -0.0352. The molecule has 17 heavy (non-hydrogen) atoms. The van der Waals surface area contributed by atoms with Gasteiger partial charge in [-0.1, -0.05) is 6.92 Å². The predicted molar refractivity (Wildman–Crippen MR) is 65.7 cm³/mol. The van der Waals surface area contributed by atoms with Gasteiger partial charge in [0.1, 0.15) is 5.75 Å². The minimum Gasteiger partial charge on any atom is -0.505 e. The monoisotopic (exact) mass is 237 g/mol. The van der Waals surface area contributed by atoms with Gasteiger partial charge in [0.25, 0.3) is 5.91 Å². The number of nitrogens with two attached hydrogens (primary N) is 1. The second kappa shape index (κ2) is 6.20. The molecule has 1 unspecified atom stereocenters. The molecule has 0 aliphatic rings. The summed E-state index contributed by atoms with van der Waals surface area (Å²) in [5, 5.41) is 9.58. The molecule has 0 saturated heterocycles. The van der Waals surface area contributed by atoms with Gasteiger partial charge < -0.3 is 15.7 Å². The first-order valence-corrected chi connectivity index (χ1v) is 5.72. The third-order valence-corrected chi connectivity index (χ3v) is 2.63. The third-order valence-electron chi connectivity index (χ3n) is 2.63. The number of carbonyl (C=O) groups excluding carboxylic acids is 1. The number of nitrogens with zero attached hydrogens (tertiary/aromatic N) is 2. The van der Waals surface area contributed by atoms with E-state index in [0.29, 0.717) is 19.6 Å². The van der Waals surface area contributed by atoms with E-state index in [1.807, 2.05) is 13.8 Å². The maximum Gasteiger partial charge on any atom is 0.257 e. The second-order valence-electron chi connectivity index (χ2n) is 4.08. The Morgan fingerprint density at radius 2 is 2.35 bits per heavy atom. The Labute approximate surface area is 101 Å². The Balaban J connectivity index is 2.83. The zero-order valence-electron chi connectivity index (χ0n) is 10.3. The number of carbonyl (C=O) groups is 1. The summed E-state index contributed by atoms with van der Waals surface area (Å²) >= 11 is 0. The first-order valence-electron chi connectivity index (χ1n) is 5.72. The van der Waals surface area contributed by atoms with Gasteiger partial charge in [-0.05, 0) is 25.5 Å². The standard InChI is InChI=1S/C12H19N3O2/c1-3-15(8-9(2)6-13)12(17)10-4-5-14-7-11(10)16/h4-5,7,9,16H,3,6,8,13H2,1-2H3. The van der Waals surface area contributed by atoms with Gasteiger partial charge in [-0.3, -0.25) is 9.78 Å². The number of rotatable bonds is 5. The van der Waals surface area contributed by atoms with Crippen LogP contribution in [0.3, 0.4) is 0 Å². The normalized spacial score (nSPS) is 12.2. The number of aromatic hydroxyl groups is 1. The van der Waals surface area contributed by atoms with E-state index >= 15 is 0 Å². The smallest absolute Gasteiger partial charge is 0.257 e. The lowest BCUT2D eigenvalue weighted by Gasteiger charge is -2.24. The van der Waals surface area contributed by atoms with Gasteiger partial charge in [-0.2, -0.15) is 0 Å². The van der Waals surface area contributed by atoms with E-state index in [4.69, 9.17) is 5.73 Å². The van der Waals surface area contributed by atoms with E-state index in [-0.39, 0.29) is 23.1 Å². The maximum atomic E-state index is 12.1. The summed E-state index contributed by atoms with van der Waals surface area (Å²) in [6.07, 6.45) is 2.76. The quantitative estimate of drug-likeness (QED) is 0.795. The lowest BCUT2D eigenvalue weighted by atomic mass is 10.1. The number of hydrogen-bond acceptors (Lipinski definition) is 4. The van der Waals surface area contributed by atoms with E-state index in [1.54, 1.807) is 4.90 Å². The lowest BCUT2D eigenvalue weighted by Crippen LogP contribution is -2.36. The van der Waals surface area contributed by atoms with E-state index in [2.05, 4.69) is 4.98 Å². The van der Waals surface area contributed by atoms with Crippen molar-refractivity contribution in [3.8, 4) is 5.75 Å². The van der Waals surface area contributed by atoms with E-state index in [0.717, 1.165) is 0 Å². The molecule has 5 heteroatoms. The molecular weight excluding hydrogens is 218 g/mol. The van der Waals surface area contributed by atoms with Crippen molar-refractivity contribution >= 4 is 5.91 Å². The highest BCUT2D eigenvalue weighted by Gasteiger charge is 2.18. The molecule has 0 saturated carbocycles. The molecule has 3 N–H and O–H groups in total. The van der Waals surface area contributed by atoms with Gasteiger partial charge in [-0.15, -0.1) is 0 Å². The van der Waals surface area contributed by atoms with Crippen LogP contribution >= 0.6 is 0 Å². The molecule has 0 fully saturated rings. The molecule has 1 aromatic heterocycles. The Hall–Kier alpha value is -1.62. The Morgan fingerprint density at radius 3 is 2.88 bits per heavy atom. The van der Waals surface area contributed by atoms with Gasteiger partial charge in [0.2, 0.25) is 0 Å². The summed E-state index contributed by atoms with van der Waals surface area (Å²) in [6, 6.07) is 1.52. The summed E-state index contributed by atoms with van der Waals surface area (Å²) < 4.78 is 0. The molecule has 1 rings (SSSR count). The first kappa shape index (κ1) is 13.4. The molecule has 1 atom stereocenters. The highest BCUT2D eigenvalue weighted by atomic mass is 16.3. The Morgan fingerprint density at radius 1 is 1.65 bits per heavy atom. The van der Waals surface area contributed by atoms with Crippen molar-refractivity contribution in [1.29, 1.82) is 0 Å². The Kier molecular flexibility index (Phi) is 4.90. The van der Waals surface area contributed by atoms with Crippen molar-refractivity contribution in [3.05, 3.63) is 24.0 Å². The molecule has 0 radical (unpaired) electrons. The highest BCUT2D eigenvalue weighted by molar-refractivity contribution is 5.96. The first-order chi connectivity index (χ1) is 8.10. The molecular formula is C12H19N3O2. The molecule has 0 bridgehead atoms. The highest BCUT2D eigenvalue weighted by Crippen LogP contribution is 2.16. The van der Waals surface area contributed by atoms with Crippen LogP contribution in [-0.2, 0) is 0 Å². The number of amides is 1. The van der Waals surface area contributed by atoms with Crippen LogP contribution < -0.4 is 5.73 Å². The zero-order valence-corrected chi connectivity index (χ0v) is 10.3. The fourth-order valence-electron chi connectivity index (χ4n) is 1.54. The van der Waals surface area contributed by atoms with E-state index in [9.17, 15) is 9.90 Å². The van der Waals surface area contributed by atoms with Crippen LogP contribution in [0.15, 0.2) is 18.5 Å². The minimum atomic E-state index is -0.187. The van der Waals surface area contributed by atoms with Crippen molar-refractivity contribution in [2.45, 2.75) is 13.8 Å². The summed E-state index contributed by atoms with van der Waals surface area (Å²) in [4.78, 5) is 17.6. The average molecular weight is 237 g/mol. The summed E-state index contributed by atoms with van der Waals surface area (Å²) in [6.45, 7) is 5.60. The molecule has 94 valence electrons. The largest absolute Gasteiger partial charge is 0.505 e. The minimum absolute atomic E-state index is 0.0867. The van der Waals surface area contributed by atoms with Crippen LogP contribution in [0.2, 0.25) is 0 Å². The van der Waals surface area contributed by atoms with Gasteiger partial charge in [-0.25, -0.2) is 0 Å². The molecule has 0 aromatic carbocycles. The third kappa shape index (κ3) is 3.42. The SMILES string of the molecule is CCN(CC(C)CN)C(=O)c1ccncc1O. The van der Waals surface area contributed by atoms with Crippen LogP contribution in [0.4, 0.5) is 0 Å². The predicted octanol–water partition coefficient (Wildman–Crippen LogP) is 0.844. The van der Waals surface area contributed by atoms with Crippen molar-refractivity contribution in [1.82, 2.24) is 9.88 Å². The molecule has 5 nitrogen and oxygen atoms in total. The number of aromatic nitrogens is 1. The fraction of sp³-hybridized carbons (Fsp3) is 0.500.